The van der Waals surface area contributed by atoms with Crippen molar-refractivity contribution in [2.45, 2.75) is 19.9 Å². The maximum atomic E-state index is 14.0. The first kappa shape index (κ1) is 24.3. The Labute approximate surface area is 219 Å². The summed E-state index contributed by atoms with van der Waals surface area (Å²) in [5, 5.41) is 3.60. The van der Waals surface area contributed by atoms with E-state index in [0.717, 1.165) is 11.3 Å². The van der Waals surface area contributed by atoms with Crippen molar-refractivity contribution >= 4 is 57.7 Å². The van der Waals surface area contributed by atoms with Gasteiger partial charge in [0.05, 0.1) is 30.6 Å². The van der Waals surface area contributed by atoms with Gasteiger partial charge in [0.1, 0.15) is 16.3 Å². The molecule has 36 heavy (non-hydrogen) atoms. The lowest BCUT2D eigenvalue weighted by Gasteiger charge is -2.26. The summed E-state index contributed by atoms with van der Waals surface area (Å²) in [4.78, 5) is 44.9. The number of allylic oxidation sites excluding steroid dienone is 1. The van der Waals surface area contributed by atoms with Gasteiger partial charge in [-0.05, 0) is 50.2 Å². The minimum Gasteiger partial charge on any atom is -0.496 e. The monoisotopic (exact) mass is 543 g/mol. The highest BCUT2D eigenvalue weighted by molar-refractivity contribution is 7.07. The number of halogens is 2. The van der Waals surface area contributed by atoms with Crippen molar-refractivity contribution in [1.82, 2.24) is 4.57 Å². The third-order valence-electron chi connectivity index (χ3n) is 5.93. The van der Waals surface area contributed by atoms with E-state index in [2.05, 4.69) is 10.3 Å². The highest BCUT2D eigenvalue weighted by Gasteiger charge is 2.36. The Balaban J connectivity index is 1.86. The molecule has 5 rings (SSSR count). The van der Waals surface area contributed by atoms with Crippen LogP contribution in [0.1, 0.15) is 31.0 Å². The molecule has 0 fully saturated rings. The van der Waals surface area contributed by atoms with Crippen LogP contribution in [-0.2, 0) is 14.3 Å². The topological polar surface area (TPSA) is 99.0 Å². The van der Waals surface area contributed by atoms with Gasteiger partial charge in [-0.2, -0.15) is 0 Å². The molecule has 11 heteroatoms. The van der Waals surface area contributed by atoms with Crippen LogP contribution in [0, 0.1) is 0 Å². The molecule has 0 unspecified atom stereocenters. The molecule has 2 aliphatic heterocycles. The summed E-state index contributed by atoms with van der Waals surface area (Å²) in [5.41, 5.74) is 1.85. The molecule has 0 saturated heterocycles. The van der Waals surface area contributed by atoms with Crippen molar-refractivity contribution in [1.29, 1.82) is 0 Å². The largest absolute Gasteiger partial charge is 0.496 e. The summed E-state index contributed by atoms with van der Waals surface area (Å²) >= 11 is 13.6. The van der Waals surface area contributed by atoms with Gasteiger partial charge in [-0.25, -0.2) is 9.79 Å². The second-order valence-corrected chi connectivity index (χ2v) is 9.88. The molecule has 8 nitrogen and oxygen atoms in total. The number of thiazole rings is 1. The Bertz CT molecular complexity index is 1670. The molecule has 3 aromatic rings. The van der Waals surface area contributed by atoms with Crippen molar-refractivity contribution in [3.63, 3.8) is 0 Å². The number of hydrogen-bond acceptors (Lipinski definition) is 7. The predicted molar refractivity (Wildman–Crippen MR) is 137 cm³/mol. The van der Waals surface area contributed by atoms with Crippen LogP contribution in [0.4, 0.5) is 5.69 Å². The number of fused-ring (bicyclic) bond motifs is 2. The number of carbonyl (C=O) groups is 2. The fourth-order valence-electron chi connectivity index (χ4n) is 4.42. The van der Waals surface area contributed by atoms with E-state index >= 15 is 0 Å². The first-order chi connectivity index (χ1) is 17.2. The zero-order chi connectivity index (χ0) is 25.7. The van der Waals surface area contributed by atoms with Crippen molar-refractivity contribution in [3.05, 3.63) is 88.5 Å². The third kappa shape index (κ3) is 3.84. The number of methoxy groups -OCH3 is 1. The Morgan fingerprint density at radius 1 is 1.17 bits per heavy atom. The quantitative estimate of drug-likeness (QED) is 0.508. The minimum atomic E-state index is -0.938. The number of carbonyl (C=O) groups excluding carboxylic acids is 2. The number of amides is 1. The lowest BCUT2D eigenvalue weighted by Crippen LogP contribution is -2.40. The van der Waals surface area contributed by atoms with E-state index < -0.39 is 23.5 Å². The standard InChI is InChI=1S/C25H19Cl2N3O5S/c1-4-35-24(33)18-11(2)28-25-30(20(18)15-10-13(27)6-8-17(15)34-3)23(32)21(36-25)19-14-9-12(26)5-7-16(14)29-22(19)31/h5-10,20H,4H2,1-3H3,(H,29,31)/b21-19+/t20-/m0/s1. The van der Waals surface area contributed by atoms with Crippen LogP contribution >= 0.6 is 34.5 Å². The van der Waals surface area contributed by atoms with Crippen LogP contribution < -0.4 is 24.9 Å². The molecule has 1 atom stereocenters. The van der Waals surface area contributed by atoms with Gasteiger partial charge in [0.2, 0.25) is 0 Å². The molecule has 1 aromatic heterocycles. The Kier molecular flexibility index (Phi) is 6.23. The average molecular weight is 544 g/mol. The second kappa shape index (κ2) is 9.24. The van der Waals surface area contributed by atoms with Gasteiger partial charge in [0.15, 0.2) is 4.80 Å². The summed E-state index contributed by atoms with van der Waals surface area (Å²) < 4.78 is 12.4. The highest BCUT2D eigenvalue weighted by atomic mass is 35.5. The molecule has 2 aliphatic rings. The van der Waals surface area contributed by atoms with Crippen LogP contribution in [0.15, 0.2) is 57.5 Å². The first-order valence-corrected chi connectivity index (χ1v) is 12.5. The van der Waals surface area contributed by atoms with E-state index in [1.54, 1.807) is 50.2 Å². The normalized spacial score (nSPS) is 17.8. The predicted octanol–water partition coefficient (Wildman–Crippen LogP) is 3.44. The summed E-state index contributed by atoms with van der Waals surface area (Å²) in [6.07, 6.45) is 0. The Morgan fingerprint density at radius 3 is 2.61 bits per heavy atom. The number of ether oxygens (including phenoxy) is 2. The van der Waals surface area contributed by atoms with Gasteiger partial charge in [-0.3, -0.25) is 14.2 Å². The van der Waals surface area contributed by atoms with E-state index in [1.165, 1.54) is 11.7 Å². The number of esters is 1. The highest BCUT2D eigenvalue weighted by Crippen LogP contribution is 2.38. The maximum Gasteiger partial charge on any atom is 0.338 e. The zero-order valence-corrected chi connectivity index (χ0v) is 21.7. The number of rotatable bonds is 4. The van der Waals surface area contributed by atoms with Crippen LogP contribution in [0.25, 0.3) is 5.57 Å². The molecule has 1 N–H and O–H groups in total. The maximum absolute atomic E-state index is 14.0. The SMILES string of the molecule is CCOC(=O)C1=C(C)N=c2s/c(=C3/C(=O)Nc4ccc(Cl)cc43)c(=O)n2[C@H]1c1cc(Cl)ccc1OC. The number of nitrogens with zero attached hydrogens (tertiary/aromatic N) is 2. The number of benzene rings is 2. The van der Waals surface area contributed by atoms with Crippen LogP contribution in [0.2, 0.25) is 10.0 Å². The molecule has 0 bridgehead atoms. The molecule has 2 aromatic carbocycles. The third-order valence-corrected chi connectivity index (χ3v) is 7.46. The van der Waals surface area contributed by atoms with E-state index in [-0.39, 0.29) is 22.3 Å². The van der Waals surface area contributed by atoms with Crippen molar-refractivity contribution in [3.8, 4) is 5.75 Å². The molecule has 0 aliphatic carbocycles. The molecule has 184 valence electrons. The molecule has 0 spiro atoms. The van der Waals surface area contributed by atoms with Crippen LogP contribution in [0.5, 0.6) is 5.75 Å². The van der Waals surface area contributed by atoms with Gasteiger partial charge in [0.25, 0.3) is 11.5 Å². The average Bonchev–Trinajstić information content (AvgIpc) is 3.32. The molecule has 1 amide bonds. The van der Waals surface area contributed by atoms with E-state index in [1.807, 2.05) is 0 Å². The number of hydrogen-bond donors (Lipinski definition) is 1. The number of aromatic nitrogens is 1. The summed E-state index contributed by atoms with van der Waals surface area (Å²) in [7, 11) is 1.49. The van der Waals surface area contributed by atoms with Crippen molar-refractivity contribution in [2.75, 3.05) is 19.0 Å². The molecule has 3 heterocycles. The van der Waals surface area contributed by atoms with E-state index in [9.17, 15) is 14.4 Å². The Hall–Kier alpha value is -3.40. The van der Waals surface area contributed by atoms with Gasteiger partial charge in [-0.1, -0.05) is 34.5 Å². The van der Waals surface area contributed by atoms with Gasteiger partial charge in [-0.15, -0.1) is 0 Å². The zero-order valence-electron chi connectivity index (χ0n) is 19.3. The fourth-order valence-corrected chi connectivity index (χ4v) is 5.91. The summed E-state index contributed by atoms with van der Waals surface area (Å²) in [6.45, 7) is 3.51. The Morgan fingerprint density at radius 2 is 1.89 bits per heavy atom. The minimum absolute atomic E-state index is 0.140. The number of nitrogens with one attached hydrogen (secondary N) is 1. The second-order valence-electron chi connectivity index (χ2n) is 8.03. The smallest absolute Gasteiger partial charge is 0.338 e. The first-order valence-electron chi connectivity index (χ1n) is 10.9. The molecule has 0 saturated carbocycles. The van der Waals surface area contributed by atoms with Gasteiger partial charge in [0, 0.05) is 26.9 Å². The lowest BCUT2D eigenvalue weighted by atomic mass is 9.95. The molecular formula is C25H19Cl2N3O5S. The van der Waals surface area contributed by atoms with Crippen molar-refractivity contribution < 1.29 is 19.1 Å². The summed E-state index contributed by atoms with van der Waals surface area (Å²) in [5.74, 6) is -0.606. The molecule has 0 radical (unpaired) electrons. The van der Waals surface area contributed by atoms with Crippen molar-refractivity contribution in [2.24, 2.45) is 4.99 Å². The van der Waals surface area contributed by atoms with Crippen LogP contribution in [-0.4, -0.2) is 30.2 Å². The lowest BCUT2D eigenvalue weighted by molar-refractivity contribution is -0.139. The fraction of sp³-hybridized carbons (Fsp3) is 0.200. The molecular weight excluding hydrogens is 525 g/mol. The van der Waals surface area contributed by atoms with Gasteiger partial charge < -0.3 is 14.8 Å². The van der Waals surface area contributed by atoms with Crippen LogP contribution in [0.3, 0.4) is 0 Å². The van der Waals surface area contributed by atoms with E-state index in [4.69, 9.17) is 32.7 Å². The van der Waals surface area contributed by atoms with Gasteiger partial charge >= 0.3 is 5.97 Å². The number of anilines is 1. The van der Waals surface area contributed by atoms with E-state index in [0.29, 0.717) is 43.1 Å². The summed E-state index contributed by atoms with van der Waals surface area (Å²) in [6, 6.07) is 8.99.